The molecule has 1 aliphatic rings. The first kappa shape index (κ1) is 10.6. The summed E-state index contributed by atoms with van der Waals surface area (Å²) in [5, 5.41) is 0. The molecule has 11 heavy (non-hydrogen) atoms. The zero-order valence-electron chi connectivity index (χ0n) is 7.81. The molecule has 1 fully saturated rings. The molecule has 0 N–H and O–H groups in total. The Morgan fingerprint density at radius 1 is 1.55 bits per heavy atom. The van der Waals surface area contributed by atoms with Gasteiger partial charge >= 0.3 is 84.6 Å². The minimum absolute atomic E-state index is 0.495. The fourth-order valence-corrected chi connectivity index (χ4v) is 36.8. The third kappa shape index (κ3) is 4.98. The van der Waals surface area contributed by atoms with Crippen molar-refractivity contribution in [3.05, 3.63) is 0 Å². The predicted octanol–water partition coefficient (Wildman–Crippen LogP) is 1.26. The van der Waals surface area contributed by atoms with Crippen LogP contribution in [-0.2, 0) is 3.07 Å². The van der Waals surface area contributed by atoms with Gasteiger partial charge in [0.2, 0.25) is 0 Å². The molecule has 0 aliphatic carbocycles. The third-order valence-corrected chi connectivity index (χ3v) is 41.2. The average molecular weight is 370 g/mol. The average Bonchev–Trinajstić information content (AvgIpc) is 2.03. The van der Waals surface area contributed by atoms with Crippen LogP contribution in [-0.4, -0.2) is 40.0 Å². The monoisotopic (exact) mass is 372 g/mol. The van der Waals surface area contributed by atoms with E-state index in [1.54, 1.807) is 8.87 Å². The van der Waals surface area contributed by atoms with Gasteiger partial charge in [0.1, 0.15) is 0 Å². The summed E-state index contributed by atoms with van der Waals surface area (Å²) in [5.41, 5.74) is 0. The van der Waals surface area contributed by atoms with E-state index in [4.69, 9.17) is 3.07 Å². The van der Waals surface area contributed by atoms with Gasteiger partial charge in [-0.05, 0) is 0 Å². The van der Waals surface area contributed by atoms with Crippen molar-refractivity contribution in [3.63, 3.8) is 0 Å². The maximum atomic E-state index is 5.72. The molecule has 1 unspecified atom stereocenters. The van der Waals surface area contributed by atoms with Gasteiger partial charge in [0, 0.05) is 0 Å². The van der Waals surface area contributed by atoms with Crippen LogP contribution >= 0.6 is 0 Å². The molecule has 0 radical (unpaired) electrons. The fourth-order valence-electron chi connectivity index (χ4n) is 1.60. The summed E-state index contributed by atoms with van der Waals surface area (Å²) < 4.78 is 9.09. The second-order valence-corrected chi connectivity index (χ2v) is 42.9. The van der Waals surface area contributed by atoms with E-state index < -0.39 is 33.4 Å². The first-order valence-electron chi connectivity index (χ1n) is 4.87. The molecule has 1 saturated heterocycles. The van der Waals surface area contributed by atoms with Crippen LogP contribution in [0.1, 0.15) is 26.7 Å². The van der Waals surface area contributed by atoms with Crippen molar-refractivity contribution in [3.8, 4) is 0 Å². The van der Waals surface area contributed by atoms with Crippen molar-refractivity contribution in [2.45, 2.75) is 35.6 Å². The molecule has 0 aromatic rings. The summed E-state index contributed by atoms with van der Waals surface area (Å²) in [5.74, 6) is 0.944. The van der Waals surface area contributed by atoms with Gasteiger partial charge in [0.15, 0.2) is 0 Å². The Bertz CT molecular complexity index is 100. The summed E-state index contributed by atoms with van der Waals surface area (Å²) in [4.78, 5) is 0. The maximum absolute atomic E-state index is 5.72. The van der Waals surface area contributed by atoms with E-state index in [-0.39, 0.29) is 0 Å². The minimum atomic E-state index is -0.845. The van der Waals surface area contributed by atoms with Crippen molar-refractivity contribution in [1.29, 1.82) is 0 Å². The molecule has 3 heteroatoms. The topological polar surface area (TPSA) is 9.23 Å². The second-order valence-electron chi connectivity index (χ2n) is 4.05. The van der Waals surface area contributed by atoms with Crippen LogP contribution in [0.15, 0.2) is 0 Å². The Labute approximate surface area is 83.8 Å². The van der Waals surface area contributed by atoms with Crippen molar-refractivity contribution >= 4 is 33.4 Å². The van der Waals surface area contributed by atoms with Crippen LogP contribution in [0.2, 0.25) is 8.87 Å². The van der Waals surface area contributed by atoms with Crippen molar-refractivity contribution in [2.24, 2.45) is 5.92 Å². The quantitative estimate of drug-likeness (QED) is 0.681. The molecule has 1 atom stereocenters. The van der Waals surface area contributed by atoms with Crippen LogP contribution < -0.4 is 0 Å². The van der Waals surface area contributed by atoms with E-state index in [2.05, 4.69) is 13.8 Å². The summed E-state index contributed by atoms with van der Waals surface area (Å²) in [7, 11) is 0. The predicted molar refractivity (Wildman–Crippen MR) is 55.3 cm³/mol. The van der Waals surface area contributed by atoms with Crippen molar-refractivity contribution in [1.82, 2.24) is 0 Å². The zero-order valence-corrected chi connectivity index (χ0v) is 15.1. The SMILES string of the molecule is CC(C)C[CH2][SnH]1[CH2]CC[O][SnH2]1. The molecular formula is C8H20OSn2. The molecule has 0 aromatic carbocycles. The van der Waals surface area contributed by atoms with Gasteiger partial charge in [0.05, 0.1) is 0 Å². The van der Waals surface area contributed by atoms with Gasteiger partial charge in [-0.25, -0.2) is 0 Å². The van der Waals surface area contributed by atoms with E-state index in [1.165, 1.54) is 12.8 Å². The van der Waals surface area contributed by atoms with Gasteiger partial charge < -0.3 is 0 Å². The number of hydrogen-bond acceptors (Lipinski definition) is 1. The first-order valence-corrected chi connectivity index (χ1v) is 29.1. The van der Waals surface area contributed by atoms with Crippen molar-refractivity contribution < 1.29 is 3.07 Å². The summed E-state index contributed by atoms with van der Waals surface area (Å²) in [6.45, 7) is 5.85. The van der Waals surface area contributed by atoms with Gasteiger partial charge in [-0.1, -0.05) is 0 Å². The van der Waals surface area contributed by atoms with Crippen LogP contribution in [0.4, 0.5) is 0 Å². The molecular weight excluding hydrogens is 350 g/mol. The van der Waals surface area contributed by atoms with Gasteiger partial charge in [-0.3, -0.25) is 0 Å². The zero-order chi connectivity index (χ0) is 8.10. The normalized spacial score (nSPS) is 28.1. The first-order chi connectivity index (χ1) is 5.29. The van der Waals surface area contributed by atoms with E-state index in [0.29, 0.717) is 0 Å². The van der Waals surface area contributed by atoms with Crippen LogP contribution in [0.25, 0.3) is 0 Å². The Morgan fingerprint density at radius 3 is 2.91 bits per heavy atom. The standard InChI is InChI=1S/C5H11.C3H6O.2Sn.3H/c1-4-5(2)3;1-2-3-4;;;;;/h5H,1,4H2,2-3H3;1-3H2;;;;;/q;-1;;+1;;;. The molecule has 0 bridgehead atoms. The van der Waals surface area contributed by atoms with E-state index in [1.807, 2.05) is 0 Å². The number of rotatable bonds is 3. The van der Waals surface area contributed by atoms with E-state index in [0.717, 1.165) is 12.5 Å². The van der Waals surface area contributed by atoms with Crippen molar-refractivity contribution in [2.75, 3.05) is 6.61 Å². The molecule has 1 nitrogen and oxygen atoms in total. The molecule has 0 amide bonds. The Balaban J connectivity index is 2.05. The van der Waals surface area contributed by atoms with Crippen LogP contribution in [0.3, 0.4) is 0 Å². The molecule has 1 rings (SSSR count). The molecule has 66 valence electrons. The Hall–Kier alpha value is 1.56. The molecule has 0 aromatic heterocycles. The molecule has 0 saturated carbocycles. The fraction of sp³-hybridized carbons (Fsp3) is 1.00. The van der Waals surface area contributed by atoms with Gasteiger partial charge in [0.25, 0.3) is 0 Å². The molecule has 1 heterocycles. The van der Waals surface area contributed by atoms with E-state index in [9.17, 15) is 0 Å². The summed E-state index contributed by atoms with van der Waals surface area (Å²) in [6.07, 6.45) is 2.94. The van der Waals surface area contributed by atoms with Crippen LogP contribution in [0, 0.1) is 5.92 Å². The summed E-state index contributed by atoms with van der Waals surface area (Å²) >= 11 is -1.34. The second kappa shape index (κ2) is 6.08. The molecule has 0 spiro atoms. The third-order valence-electron chi connectivity index (χ3n) is 2.41. The van der Waals surface area contributed by atoms with Gasteiger partial charge in [-0.15, -0.1) is 0 Å². The molecule has 1 aliphatic heterocycles. The summed E-state index contributed by atoms with van der Waals surface area (Å²) in [6, 6.07) is 0. The van der Waals surface area contributed by atoms with Crippen LogP contribution in [0.5, 0.6) is 0 Å². The number of hydrogen-bond donors (Lipinski definition) is 0. The van der Waals surface area contributed by atoms with Gasteiger partial charge in [-0.2, -0.15) is 0 Å². The van der Waals surface area contributed by atoms with E-state index >= 15 is 0 Å². The Kier molecular flexibility index (Phi) is 5.88. The Morgan fingerprint density at radius 2 is 2.36 bits per heavy atom.